The van der Waals surface area contributed by atoms with Crippen LogP contribution in [0.2, 0.25) is 0 Å². The molecule has 3 N–H and O–H groups in total. The minimum atomic E-state index is -0.0228. The Labute approximate surface area is 107 Å². The first-order chi connectivity index (χ1) is 8.63. The van der Waals surface area contributed by atoms with Gasteiger partial charge in [0.05, 0.1) is 6.42 Å². The predicted octanol–water partition coefficient (Wildman–Crippen LogP) is 2.76. The summed E-state index contributed by atoms with van der Waals surface area (Å²) < 4.78 is 0. The molecule has 0 unspecified atom stereocenters. The van der Waals surface area contributed by atoms with Crippen LogP contribution in [0.25, 0.3) is 0 Å². The summed E-state index contributed by atoms with van der Waals surface area (Å²) >= 11 is 0. The molecule has 0 aromatic heterocycles. The number of amides is 1. The van der Waals surface area contributed by atoms with Gasteiger partial charge < -0.3 is 11.1 Å². The zero-order valence-electron chi connectivity index (χ0n) is 10.3. The predicted molar refractivity (Wildman–Crippen MR) is 74.4 cm³/mol. The van der Waals surface area contributed by atoms with E-state index < -0.39 is 0 Å². The maximum atomic E-state index is 11.8. The minimum Gasteiger partial charge on any atom is -0.399 e. The number of aryl methyl sites for hydroxylation is 1. The second kappa shape index (κ2) is 5.36. The van der Waals surface area contributed by atoms with E-state index in [4.69, 9.17) is 5.73 Å². The molecule has 0 saturated carbocycles. The summed E-state index contributed by atoms with van der Waals surface area (Å²) in [7, 11) is 0. The zero-order valence-corrected chi connectivity index (χ0v) is 10.3. The SMILES string of the molecule is Cc1cccc(CC(=O)Nc2ccc(N)cc2)c1. The van der Waals surface area contributed by atoms with Gasteiger partial charge in [0.1, 0.15) is 0 Å². The first-order valence-electron chi connectivity index (χ1n) is 5.84. The summed E-state index contributed by atoms with van der Waals surface area (Å²) in [5.41, 5.74) is 9.21. The van der Waals surface area contributed by atoms with Crippen molar-refractivity contribution in [2.24, 2.45) is 0 Å². The number of nitrogens with two attached hydrogens (primary N) is 1. The number of nitrogen functional groups attached to an aromatic ring is 1. The third kappa shape index (κ3) is 3.35. The van der Waals surface area contributed by atoms with E-state index in [1.807, 2.05) is 31.2 Å². The Hall–Kier alpha value is -2.29. The summed E-state index contributed by atoms with van der Waals surface area (Å²) in [5.74, 6) is -0.0228. The van der Waals surface area contributed by atoms with Gasteiger partial charge in [-0.2, -0.15) is 0 Å². The summed E-state index contributed by atoms with van der Waals surface area (Å²) in [6.45, 7) is 2.02. The first kappa shape index (κ1) is 12.2. The van der Waals surface area contributed by atoms with Crippen LogP contribution in [-0.4, -0.2) is 5.91 Å². The highest BCUT2D eigenvalue weighted by Crippen LogP contribution is 2.11. The van der Waals surface area contributed by atoms with Gasteiger partial charge in [-0.25, -0.2) is 0 Å². The largest absolute Gasteiger partial charge is 0.399 e. The summed E-state index contributed by atoms with van der Waals surface area (Å²) in [4.78, 5) is 11.8. The van der Waals surface area contributed by atoms with Crippen molar-refractivity contribution in [2.45, 2.75) is 13.3 Å². The van der Waals surface area contributed by atoms with E-state index >= 15 is 0 Å². The van der Waals surface area contributed by atoms with Crippen molar-refractivity contribution in [3.63, 3.8) is 0 Å². The van der Waals surface area contributed by atoms with Gasteiger partial charge in [-0.3, -0.25) is 4.79 Å². The van der Waals surface area contributed by atoms with E-state index in [1.54, 1.807) is 24.3 Å². The maximum Gasteiger partial charge on any atom is 0.228 e. The van der Waals surface area contributed by atoms with Crippen LogP contribution >= 0.6 is 0 Å². The van der Waals surface area contributed by atoms with Crippen LogP contribution in [0.3, 0.4) is 0 Å². The van der Waals surface area contributed by atoms with Gasteiger partial charge in [-0.15, -0.1) is 0 Å². The lowest BCUT2D eigenvalue weighted by atomic mass is 10.1. The Kier molecular flexibility index (Phi) is 3.63. The molecule has 1 amide bonds. The molecule has 0 fully saturated rings. The third-order valence-corrected chi connectivity index (χ3v) is 2.64. The van der Waals surface area contributed by atoms with Crippen molar-refractivity contribution in [3.05, 3.63) is 59.7 Å². The second-order valence-corrected chi connectivity index (χ2v) is 4.34. The number of nitrogens with one attached hydrogen (secondary N) is 1. The van der Waals surface area contributed by atoms with E-state index in [0.29, 0.717) is 12.1 Å². The number of carbonyl (C=O) groups excluding carboxylic acids is 1. The zero-order chi connectivity index (χ0) is 13.0. The average Bonchev–Trinajstić information content (AvgIpc) is 2.32. The Morgan fingerprint density at radius 1 is 1.17 bits per heavy atom. The molecule has 0 atom stereocenters. The molecule has 2 aromatic carbocycles. The fourth-order valence-corrected chi connectivity index (χ4v) is 1.78. The lowest BCUT2D eigenvalue weighted by Gasteiger charge is -2.06. The summed E-state index contributed by atoms with van der Waals surface area (Å²) in [5, 5.41) is 2.84. The molecule has 0 aliphatic carbocycles. The molecule has 0 saturated heterocycles. The van der Waals surface area contributed by atoms with Crippen LogP contribution in [0.1, 0.15) is 11.1 Å². The van der Waals surface area contributed by atoms with E-state index in [9.17, 15) is 4.79 Å². The Bertz CT molecular complexity index is 547. The standard InChI is InChI=1S/C15H16N2O/c1-11-3-2-4-12(9-11)10-15(18)17-14-7-5-13(16)6-8-14/h2-9H,10,16H2,1H3,(H,17,18). The number of rotatable bonds is 3. The van der Waals surface area contributed by atoms with Gasteiger partial charge in [0.2, 0.25) is 5.91 Å². The lowest BCUT2D eigenvalue weighted by molar-refractivity contribution is -0.115. The van der Waals surface area contributed by atoms with Gasteiger partial charge in [0, 0.05) is 11.4 Å². The number of benzene rings is 2. The van der Waals surface area contributed by atoms with Crippen LogP contribution in [0.5, 0.6) is 0 Å². The molecule has 3 heteroatoms. The Balaban J connectivity index is 1.98. The average molecular weight is 240 g/mol. The first-order valence-corrected chi connectivity index (χ1v) is 5.84. The van der Waals surface area contributed by atoms with Gasteiger partial charge in [0.25, 0.3) is 0 Å². The summed E-state index contributed by atoms with van der Waals surface area (Å²) in [6.07, 6.45) is 0.381. The molecule has 0 aliphatic rings. The number of anilines is 2. The van der Waals surface area contributed by atoms with Crippen molar-refractivity contribution >= 4 is 17.3 Å². The van der Waals surface area contributed by atoms with Crippen molar-refractivity contribution in [2.75, 3.05) is 11.1 Å². The second-order valence-electron chi connectivity index (χ2n) is 4.34. The topological polar surface area (TPSA) is 55.1 Å². The molecule has 18 heavy (non-hydrogen) atoms. The fraction of sp³-hybridized carbons (Fsp3) is 0.133. The number of carbonyl (C=O) groups is 1. The smallest absolute Gasteiger partial charge is 0.228 e. The normalized spacial score (nSPS) is 10.1. The quantitative estimate of drug-likeness (QED) is 0.810. The molecule has 0 spiro atoms. The highest BCUT2D eigenvalue weighted by Gasteiger charge is 2.04. The molecular weight excluding hydrogens is 224 g/mol. The molecule has 92 valence electrons. The third-order valence-electron chi connectivity index (χ3n) is 2.64. The van der Waals surface area contributed by atoms with Crippen molar-refractivity contribution in [1.29, 1.82) is 0 Å². The van der Waals surface area contributed by atoms with Gasteiger partial charge in [-0.05, 0) is 36.8 Å². The molecule has 3 nitrogen and oxygen atoms in total. The van der Waals surface area contributed by atoms with E-state index in [-0.39, 0.29) is 5.91 Å². The molecule has 0 bridgehead atoms. The van der Waals surface area contributed by atoms with Crippen molar-refractivity contribution in [3.8, 4) is 0 Å². The van der Waals surface area contributed by atoms with Crippen LogP contribution < -0.4 is 11.1 Å². The number of hydrogen-bond donors (Lipinski definition) is 2. The van der Waals surface area contributed by atoms with Crippen molar-refractivity contribution in [1.82, 2.24) is 0 Å². The highest BCUT2D eigenvalue weighted by molar-refractivity contribution is 5.92. The van der Waals surface area contributed by atoms with Crippen molar-refractivity contribution < 1.29 is 4.79 Å². The molecule has 2 aromatic rings. The van der Waals surface area contributed by atoms with Gasteiger partial charge in [0.15, 0.2) is 0 Å². The highest BCUT2D eigenvalue weighted by atomic mass is 16.1. The molecule has 2 rings (SSSR count). The fourth-order valence-electron chi connectivity index (χ4n) is 1.78. The minimum absolute atomic E-state index is 0.0228. The Morgan fingerprint density at radius 2 is 1.89 bits per heavy atom. The van der Waals surface area contributed by atoms with Crippen LogP contribution in [0.15, 0.2) is 48.5 Å². The van der Waals surface area contributed by atoms with Crippen LogP contribution in [0, 0.1) is 6.92 Å². The van der Waals surface area contributed by atoms with E-state index in [2.05, 4.69) is 5.32 Å². The van der Waals surface area contributed by atoms with Gasteiger partial charge in [-0.1, -0.05) is 29.8 Å². The molecule has 0 radical (unpaired) electrons. The maximum absolute atomic E-state index is 11.8. The number of hydrogen-bond acceptors (Lipinski definition) is 2. The molecule has 0 heterocycles. The van der Waals surface area contributed by atoms with Crippen LogP contribution in [0.4, 0.5) is 11.4 Å². The van der Waals surface area contributed by atoms with Crippen LogP contribution in [-0.2, 0) is 11.2 Å². The van der Waals surface area contributed by atoms with E-state index in [1.165, 1.54) is 0 Å². The van der Waals surface area contributed by atoms with Gasteiger partial charge >= 0.3 is 0 Å². The summed E-state index contributed by atoms with van der Waals surface area (Å²) in [6, 6.07) is 15.1. The Morgan fingerprint density at radius 3 is 2.56 bits per heavy atom. The lowest BCUT2D eigenvalue weighted by Crippen LogP contribution is -2.14. The molecular formula is C15H16N2O. The monoisotopic (exact) mass is 240 g/mol. The molecule has 0 aliphatic heterocycles. The van der Waals surface area contributed by atoms with E-state index in [0.717, 1.165) is 16.8 Å².